The molecule has 1 heterocycles. The molecule has 0 aromatic carbocycles. The molecule has 0 radical (unpaired) electrons. The number of carboxylic acid groups (broad SMARTS) is 1. The van der Waals surface area contributed by atoms with Crippen LogP contribution in [-0.4, -0.2) is 28.8 Å². The van der Waals surface area contributed by atoms with Crippen molar-refractivity contribution >= 4 is 17.3 Å². The van der Waals surface area contributed by atoms with Crippen LogP contribution in [0.1, 0.15) is 36.9 Å². The Morgan fingerprint density at radius 1 is 1.37 bits per heavy atom. The van der Waals surface area contributed by atoms with Crippen LogP contribution in [0.2, 0.25) is 0 Å². The number of aliphatic hydroxyl groups excluding tert-OH is 1. The number of carboxylic acids is 1. The molecule has 0 saturated carbocycles. The first-order valence-corrected chi connectivity index (χ1v) is 7.28. The van der Waals surface area contributed by atoms with E-state index >= 15 is 0 Å². The Bertz CT molecular complexity index is 409. The molecule has 0 saturated heterocycles. The Morgan fingerprint density at radius 3 is 2.53 bits per heavy atom. The van der Waals surface area contributed by atoms with Crippen molar-refractivity contribution in [2.75, 3.05) is 6.61 Å². The molecule has 1 unspecified atom stereocenters. The second-order valence-electron chi connectivity index (χ2n) is 5.75. The van der Waals surface area contributed by atoms with E-state index in [4.69, 9.17) is 10.2 Å². The fourth-order valence-corrected chi connectivity index (χ4v) is 2.92. The van der Waals surface area contributed by atoms with Crippen molar-refractivity contribution in [1.82, 2.24) is 5.32 Å². The number of aliphatic hydroxyl groups is 1. The third kappa shape index (κ3) is 5.72. The van der Waals surface area contributed by atoms with Crippen LogP contribution in [-0.2, 0) is 17.8 Å². The largest absolute Gasteiger partial charge is 0.481 e. The minimum Gasteiger partial charge on any atom is -0.481 e. The molecular formula is C14H23NO3S. The molecule has 19 heavy (non-hydrogen) atoms. The van der Waals surface area contributed by atoms with Gasteiger partial charge in [0.2, 0.25) is 0 Å². The first-order valence-electron chi connectivity index (χ1n) is 6.46. The van der Waals surface area contributed by atoms with E-state index in [9.17, 15) is 4.79 Å². The van der Waals surface area contributed by atoms with Crippen molar-refractivity contribution in [2.24, 2.45) is 5.41 Å². The highest BCUT2D eigenvalue weighted by Gasteiger charge is 2.23. The molecule has 0 aliphatic rings. The van der Waals surface area contributed by atoms with E-state index in [0.717, 1.165) is 16.2 Å². The SMILES string of the molecule is CC(C)(C)C(CCO)NCc1ccc(CC(=O)O)s1. The Hall–Kier alpha value is -0.910. The number of rotatable bonds is 7. The normalized spacial score (nSPS) is 13.5. The predicted molar refractivity (Wildman–Crippen MR) is 77.4 cm³/mol. The molecular weight excluding hydrogens is 262 g/mol. The molecule has 0 aliphatic heterocycles. The van der Waals surface area contributed by atoms with Gasteiger partial charge in [0.1, 0.15) is 0 Å². The first-order chi connectivity index (χ1) is 8.82. The van der Waals surface area contributed by atoms with E-state index in [1.807, 2.05) is 12.1 Å². The van der Waals surface area contributed by atoms with Gasteiger partial charge in [0, 0.05) is 28.9 Å². The maximum atomic E-state index is 10.6. The standard InChI is InChI=1S/C14H23NO3S/c1-14(2,3)12(6-7-16)15-9-11-5-4-10(19-11)8-13(17)18/h4-5,12,15-16H,6-9H2,1-3H3,(H,17,18). The summed E-state index contributed by atoms with van der Waals surface area (Å²) in [5.74, 6) is -0.797. The summed E-state index contributed by atoms with van der Waals surface area (Å²) in [5.41, 5.74) is 0.0872. The van der Waals surface area contributed by atoms with Crippen LogP contribution in [0.4, 0.5) is 0 Å². The van der Waals surface area contributed by atoms with E-state index < -0.39 is 5.97 Å². The number of aliphatic carboxylic acids is 1. The molecule has 1 aromatic heterocycles. The summed E-state index contributed by atoms with van der Waals surface area (Å²) in [4.78, 5) is 12.6. The fourth-order valence-electron chi connectivity index (χ4n) is 1.96. The van der Waals surface area contributed by atoms with E-state index in [-0.39, 0.29) is 24.5 Å². The molecule has 5 heteroatoms. The van der Waals surface area contributed by atoms with Gasteiger partial charge in [0.25, 0.3) is 0 Å². The van der Waals surface area contributed by atoms with Crippen molar-refractivity contribution in [3.8, 4) is 0 Å². The Balaban J connectivity index is 2.54. The van der Waals surface area contributed by atoms with Gasteiger partial charge in [-0.2, -0.15) is 0 Å². The number of carbonyl (C=O) groups is 1. The highest BCUT2D eigenvalue weighted by atomic mass is 32.1. The second kappa shape index (κ2) is 7.03. The van der Waals surface area contributed by atoms with Crippen LogP contribution < -0.4 is 5.32 Å². The number of hydrogen-bond acceptors (Lipinski definition) is 4. The van der Waals surface area contributed by atoms with Gasteiger partial charge in [-0.25, -0.2) is 0 Å². The van der Waals surface area contributed by atoms with E-state index in [1.54, 1.807) is 0 Å². The van der Waals surface area contributed by atoms with Gasteiger partial charge in [-0.3, -0.25) is 4.79 Å². The minimum absolute atomic E-state index is 0.0872. The summed E-state index contributed by atoms with van der Waals surface area (Å²) < 4.78 is 0. The molecule has 0 aliphatic carbocycles. The zero-order chi connectivity index (χ0) is 14.5. The maximum absolute atomic E-state index is 10.6. The molecule has 1 rings (SSSR count). The Morgan fingerprint density at radius 2 is 2.00 bits per heavy atom. The van der Waals surface area contributed by atoms with Crippen LogP contribution in [0, 0.1) is 5.41 Å². The van der Waals surface area contributed by atoms with Crippen molar-refractivity contribution in [2.45, 2.75) is 46.2 Å². The van der Waals surface area contributed by atoms with Crippen molar-refractivity contribution in [3.05, 3.63) is 21.9 Å². The summed E-state index contributed by atoms with van der Waals surface area (Å²) in [6, 6.07) is 4.07. The van der Waals surface area contributed by atoms with Crippen molar-refractivity contribution in [3.63, 3.8) is 0 Å². The molecule has 0 fully saturated rings. The molecule has 0 bridgehead atoms. The van der Waals surface area contributed by atoms with Gasteiger partial charge in [0.15, 0.2) is 0 Å². The monoisotopic (exact) mass is 285 g/mol. The van der Waals surface area contributed by atoms with E-state index in [0.29, 0.717) is 6.54 Å². The average Bonchev–Trinajstić information content (AvgIpc) is 2.69. The summed E-state index contributed by atoms with van der Waals surface area (Å²) in [7, 11) is 0. The molecule has 4 nitrogen and oxygen atoms in total. The Labute approximate surface area is 118 Å². The van der Waals surface area contributed by atoms with Gasteiger partial charge in [-0.15, -0.1) is 11.3 Å². The fraction of sp³-hybridized carbons (Fsp3) is 0.643. The molecule has 3 N–H and O–H groups in total. The van der Waals surface area contributed by atoms with Crippen LogP contribution in [0.3, 0.4) is 0 Å². The lowest BCUT2D eigenvalue weighted by Gasteiger charge is -2.31. The number of nitrogens with one attached hydrogen (secondary N) is 1. The smallest absolute Gasteiger partial charge is 0.308 e. The average molecular weight is 285 g/mol. The number of hydrogen-bond donors (Lipinski definition) is 3. The van der Waals surface area contributed by atoms with Crippen LogP contribution in [0.25, 0.3) is 0 Å². The highest BCUT2D eigenvalue weighted by Crippen LogP contribution is 2.23. The second-order valence-corrected chi connectivity index (χ2v) is 7.00. The molecule has 108 valence electrons. The third-order valence-corrected chi connectivity index (χ3v) is 4.11. The molecule has 1 atom stereocenters. The maximum Gasteiger partial charge on any atom is 0.308 e. The summed E-state index contributed by atoms with van der Waals surface area (Å²) in [6.07, 6.45) is 0.806. The minimum atomic E-state index is -0.797. The van der Waals surface area contributed by atoms with Crippen LogP contribution in [0.5, 0.6) is 0 Å². The van der Waals surface area contributed by atoms with Gasteiger partial charge in [0.05, 0.1) is 6.42 Å². The van der Waals surface area contributed by atoms with Gasteiger partial charge >= 0.3 is 5.97 Å². The van der Waals surface area contributed by atoms with Gasteiger partial charge < -0.3 is 15.5 Å². The lowest BCUT2D eigenvalue weighted by Crippen LogP contribution is -2.40. The van der Waals surface area contributed by atoms with Gasteiger partial charge in [-0.05, 0) is 24.0 Å². The predicted octanol–water partition coefficient (Wildman–Crippen LogP) is 2.26. The highest BCUT2D eigenvalue weighted by molar-refractivity contribution is 7.12. The van der Waals surface area contributed by atoms with Crippen LogP contribution in [0.15, 0.2) is 12.1 Å². The zero-order valence-electron chi connectivity index (χ0n) is 11.8. The lowest BCUT2D eigenvalue weighted by molar-refractivity contribution is -0.136. The third-order valence-electron chi connectivity index (χ3n) is 3.03. The van der Waals surface area contributed by atoms with Crippen LogP contribution >= 0.6 is 11.3 Å². The molecule has 0 amide bonds. The Kier molecular flexibility index (Phi) is 5.97. The van der Waals surface area contributed by atoms with Crippen molar-refractivity contribution < 1.29 is 15.0 Å². The quantitative estimate of drug-likeness (QED) is 0.719. The summed E-state index contributed by atoms with van der Waals surface area (Å²) in [5, 5.41) is 21.3. The van der Waals surface area contributed by atoms with Crippen molar-refractivity contribution in [1.29, 1.82) is 0 Å². The molecule has 0 spiro atoms. The van der Waals surface area contributed by atoms with E-state index in [2.05, 4.69) is 26.1 Å². The zero-order valence-corrected chi connectivity index (χ0v) is 12.6. The first kappa shape index (κ1) is 16.1. The van der Waals surface area contributed by atoms with E-state index in [1.165, 1.54) is 11.3 Å². The number of thiophene rings is 1. The summed E-state index contributed by atoms with van der Waals surface area (Å²) in [6.45, 7) is 7.32. The summed E-state index contributed by atoms with van der Waals surface area (Å²) >= 11 is 1.53. The lowest BCUT2D eigenvalue weighted by atomic mass is 9.85. The molecule has 1 aromatic rings. The van der Waals surface area contributed by atoms with Gasteiger partial charge in [-0.1, -0.05) is 20.8 Å². The topological polar surface area (TPSA) is 69.6 Å².